The minimum Gasteiger partial charge on any atom is -0.458 e. The van der Waals surface area contributed by atoms with E-state index in [1.807, 2.05) is 0 Å². The van der Waals surface area contributed by atoms with Crippen LogP contribution in [0.1, 0.15) is 72.1 Å². The molecule has 4 rings (SSSR count). The van der Waals surface area contributed by atoms with E-state index in [9.17, 15) is 14.7 Å². The molecule has 3 fully saturated rings. The maximum absolute atomic E-state index is 12.8. The number of hydrogen-bond acceptors (Lipinski definition) is 4. The van der Waals surface area contributed by atoms with Crippen LogP contribution in [0.5, 0.6) is 0 Å². The van der Waals surface area contributed by atoms with Crippen molar-refractivity contribution in [2.24, 2.45) is 34.5 Å². The van der Waals surface area contributed by atoms with Crippen LogP contribution in [0.3, 0.4) is 0 Å². The summed E-state index contributed by atoms with van der Waals surface area (Å²) in [6.07, 6.45) is 10.6. The highest BCUT2D eigenvalue weighted by molar-refractivity contribution is 5.85. The monoisotopic (exact) mass is 374 g/mol. The number of carbonyl (C=O) groups excluding carboxylic acids is 2. The van der Waals surface area contributed by atoms with Gasteiger partial charge in [-0.2, -0.15) is 0 Å². The summed E-state index contributed by atoms with van der Waals surface area (Å²) in [5, 5.41) is 10.1. The van der Waals surface area contributed by atoms with Crippen molar-refractivity contribution < 1.29 is 19.4 Å². The van der Waals surface area contributed by atoms with E-state index in [2.05, 4.69) is 19.9 Å². The van der Waals surface area contributed by atoms with Gasteiger partial charge >= 0.3 is 5.97 Å². The normalized spacial score (nSPS) is 45.9. The molecule has 0 radical (unpaired) electrons. The predicted octanol–water partition coefficient (Wildman–Crippen LogP) is 4.06. The number of Topliss-reactive ketones (excluding diaryl/α,β-unsaturated/α-hetero) is 1. The minimum absolute atomic E-state index is 0.0363. The Bertz CT molecular complexity index is 667. The first kappa shape index (κ1) is 19.2. The van der Waals surface area contributed by atoms with E-state index in [1.54, 1.807) is 0 Å². The second-order valence-corrected chi connectivity index (χ2v) is 10.1. The molecular formula is C23H34O4. The molecule has 4 nitrogen and oxygen atoms in total. The smallest absolute Gasteiger partial charge is 0.303 e. The number of fused-ring (bicyclic) bond motifs is 5. The van der Waals surface area contributed by atoms with E-state index >= 15 is 0 Å². The first-order valence-electron chi connectivity index (χ1n) is 10.8. The lowest BCUT2D eigenvalue weighted by Crippen LogP contribution is -2.51. The van der Waals surface area contributed by atoms with Crippen molar-refractivity contribution in [2.75, 3.05) is 6.61 Å². The quantitative estimate of drug-likeness (QED) is 0.598. The van der Waals surface area contributed by atoms with Crippen molar-refractivity contribution >= 4 is 11.8 Å². The Kier molecular flexibility index (Phi) is 4.77. The van der Waals surface area contributed by atoms with Gasteiger partial charge in [0.05, 0.1) is 6.10 Å². The van der Waals surface area contributed by atoms with Crippen LogP contribution in [0.4, 0.5) is 0 Å². The van der Waals surface area contributed by atoms with E-state index in [-0.39, 0.29) is 41.2 Å². The Balaban J connectivity index is 1.55. The van der Waals surface area contributed by atoms with Gasteiger partial charge in [-0.1, -0.05) is 25.5 Å². The van der Waals surface area contributed by atoms with Crippen LogP contribution >= 0.6 is 0 Å². The minimum atomic E-state index is -0.371. The third-order valence-corrected chi connectivity index (χ3v) is 8.88. The summed E-state index contributed by atoms with van der Waals surface area (Å²) in [4.78, 5) is 23.9. The zero-order chi connectivity index (χ0) is 19.4. The zero-order valence-corrected chi connectivity index (χ0v) is 17.0. The van der Waals surface area contributed by atoms with E-state index in [0.717, 1.165) is 44.9 Å². The number of aliphatic hydroxyl groups excluding tert-OH is 1. The summed E-state index contributed by atoms with van der Waals surface area (Å²) < 4.78 is 5.02. The molecule has 4 aliphatic carbocycles. The van der Waals surface area contributed by atoms with Crippen LogP contribution < -0.4 is 0 Å². The molecule has 1 N–H and O–H groups in total. The van der Waals surface area contributed by atoms with Crippen molar-refractivity contribution in [3.63, 3.8) is 0 Å². The Labute approximate surface area is 162 Å². The predicted molar refractivity (Wildman–Crippen MR) is 103 cm³/mol. The molecule has 0 aromatic heterocycles. The molecule has 27 heavy (non-hydrogen) atoms. The Hall–Kier alpha value is -1.16. The highest BCUT2D eigenvalue weighted by atomic mass is 16.5. The lowest BCUT2D eigenvalue weighted by Gasteiger charge is -2.57. The molecule has 7 atom stereocenters. The van der Waals surface area contributed by atoms with E-state index in [1.165, 1.54) is 18.9 Å². The number of carbonyl (C=O) groups is 2. The van der Waals surface area contributed by atoms with Crippen LogP contribution in [-0.4, -0.2) is 29.6 Å². The lowest BCUT2D eigenvalue weighted by atomic mass is 9.47. The van der Waals surface area contributed by atoms with Crippen molar-refractivity contribution in [3.05, 3.63) is 11.6 Å². The number of allylic oxidation sites excluding steroid dienone is 1. The molecule has 4 aliphatic rings. The van der Waals surface area contributed by atoms with Gasteiger partial charge in [0.1, 0.15) is 6.61 Å². The van der Waals surface area contributed by atoms with Crippen molar-refractivity contribution in [3.8, 4) is 0 Å². The molecule has 0 amide bonds. The lowest BCUT2D eigenvalue weighted by molar-refractivity contribution is -0.149. The molecule has 0 saturated heterocycles. The summed E-state index contributed by atoms with van der Waals surface area (Å²) >= 11 is 0. The standard InChI is InChI=1S/C23H34O4/c1-14(24)27-13-21(26)20-7-6-18-17-5-4-15-12-16(25)8-10-22(15,2)19(17)9-11-23(18,20)3/h4,16-20,25H,5-13H2,1-3H3/t16-,17+,18-,19+,20-,22-,23-/m0/s1. The molecule has 0 heterocycles. The van der Waals surface area contributed by atoms with Crippen LogP contribution in [-0.2, 0) is 14.3 Å². The molecule has 3 saturated carbocycles. The summed E-state index contributed by atoms with van der Waals surface area (Å²) in [6, 6.07) is 0. The summed E-state index contributed by atoms with van der Waals surface area (Å²) in [7, 11) is 0. The number of ether oxygens (including phenoxy) is 1. The molecule has 0 aromatic rings. The summed E-state index contributed by atoms with van der Waals surface area (Å²) in [5.41, 5.74) is 1.78. The van der Waals surface area contributed by atoms with E-state index in [4.69, 9.17) is 4.74 Å². The fourth-order valence-electron chi connectivity index (χ4n) is 7.44. The highest BCUT2D eigenvalue weighted by Crippen LogP contribution is 2.66. The number of rotatable bonds is 3. The molecule has 0 aromatic carbocycles. The van der Waals surface area contributed by atoms with E-state index in [0.29, 0.717) is 17.8 Å². The van der Waals surface area contributed by atoms with Gasteiger partial charge in [0, 0.05) is 12.8 Å². The molecule has 0 aliphatic heterocycles. The number of ketones is 1. The largest absolute Gasteiger partial charge is 0.458 e. The van der Waals surface area contributed by atoms with Crippen molar-refractivity contribution in [2.45, 2.75) is 78.2 Å². The van der Waals surface area contributed by atoms with E-state index < -0.39 is 0 Å². The fourth-order valence-corrected chi connectivity index (χ4v) is 7.44. The third kappa shape index (κ3) is 2.99. The second-order valence-electron chi connectivity index (χ2n) is 10.1. The SMILES string of the molecule is CC(=O)OCC(=O)[C@@H]1CC[C@H]2[C@H]3CC=C4C[C@@H](O)CC[C@]4(C)[C@@H]3CC[C@]12C. The Morgan fingerprint density at radius 3 is 2.67 bits per heavy atom. The average molecular weight is 375 g/mol. The van der Waals surface area contributed by atoms with Gasteiger partial charge in [-0.15, -0.1) is 0 Å². The highest BCUT2D eigenvalue weighted by Gasteiger charge is 2.59. The Morgan fingerprint density at radius 2 is 1.93 bits per heavy atom. The van der Waals surface area contributed by atoms with Gasteiger partial charge in [0.25, 0.3) is 0 Å². The van der Waals surface area contributed by atoms with Gasteiger partial charge in [-0.05, 0) is 80.0 Å². The van der Waals surface area contributed by atoms with Gasteiger partial charge in [-0.25, -0.2) is 0 Å². The first-order chi connectivity index (χ1) is 12.8. The topological polar surface area (TPSA) is 63.6 Å². The van der Waals surface area contributed by atoms with Crippen molar-refractivity contribution in [1.82, 2.24) is 0 Å². The third-order valence-electron chi connectivity index (χ3n) is 8.88. The maximum atomic E-state index is 12.8. The number of esters is 1. The Morgan fingerprint density at radius 1 is 1.15 bits per heavy atom. The van der Waals surface area contributed by atoms with Gasteiger partial charge in [0.2, 0.25) is 0 Å². The molecule has 150 valence electrons. The van der Waals surface area contributed by atoms with Crippen LogP contribution in [0.2, 0.25) is 0 Å². The van der Waals surface area contributed by atoms with Crippen molar-refractivity contribution in [1.29, 1.82) is 0 Å². The maximum Gasteiger partial charge on any atom is 0.303 e. The average Bonchev–Trinajstić information content (AvgIpc) is 2.97. The summed E-state index contributed by atoms with van der Waals surface area (Å²) in [5.74, 6) is 1.71. The molecular weight excluding hydrogens is 340 g/mol. The first-order valence-corrected chi connectivity index (χ1v) is 10.8. The second kappa shape index (κ2) is 6.72. The van der Waals surface area contributed by atoms with Crippen LogP contribution in [0.15, 0.2) is 11.6 Å². The molecule has 0 unspecified atom stereocenters. The molecule has 0 bridgehead atoms. The van der Waals surface area contributed by atoms with Gasteiger partial charge in [-0.3, -0.25) is 9.59 Å². The molecule has 0 spiro atoms. The number of hydrogen-bond donors (Lipinski definition) is 1. The summed E-state index contributed by atoms with van der Waals surface area (Å²) in [6.45, 7) is 6.06. The molecule has 4 heteroatoms. The van der Waals surface area contributed by atoms with Crippen LogP contribution in [0, 0.1) is 34.5 Å². The zero-order valence-electron chi connectivity index (χ0n) is 17.0. The van der Waals surface area contributed by atoms with Gasteiger partial charge < -0.3 is 9.84 Å². The fraction of sp³-hybridized carbons (Fsp3) is 0.826. The van der Waals surface area contributed by atoms with Crippen LogP contribution in [0.25, 0.3) is 0 Å². The number of aliphatic hydroxyl groups is 1. The van der Waals surface area contributed by atoms with Gasteiger partial charge in [0.15, 0.2) is 5.78 Å².